The molecule has 0 saturated carbocycles. The third-order valence-electron chi connectivity index (χ3n) is 5.00. The highest BCUT2D eigenvalue weighted by Gasteiger charge is 2.26. The lowest BCUT2D eigenvalue weighted by Crippen LogP contribution is -2.25. The molecule has 33 heavy (non-hydrogen) atoms. The van der Waals surface area contributed by atoms with Gasteiger partial charge in [0.15, 0.2) is 4.96 Å². The lowest BCUT2D eigenvalue weighted by molar-refractivity contribution is 0.0989. The molecule has 168 valence electrons. The Morgan fingerprint density at radius 3 is 2.48 bits per heavy atom. The number of halogens is 1. The zero-order valence-corrected chi connectivity index (χ0v) is 20.4. The molecule has 0 radical (unpaired) electrons. The predicted molar refractivity (Wildman–Crippen MR) is 135 cm³/mol. The Morgan fingerprint density at radius 2 is 1.79 bits per heavy atom. The molecular weight excluding hydrogens is 504 g/mol. The van der Waals surface area contributed by atoms with Crippen LogP contribution in [0.3, 0.4) is 0 Å². The van der Waals surface area contributed by atoms with Gasteiger partial charge < -0.3 is 10.6 Å². The summed E-state index contributed by atoms with van der Waals surface area (Å²) >= 11 is 4.39. The summed E-state index contributed by atoms with van der Waals surface area (Å²) in [6, 6.07) is 15.8. The first-order valence-corrected chi connectivity index (χ1v) is 12.0. The summed E-state index contributed by atoms with van der Waals surface area (Å²) in [5.41, 5.74) is 2.26. The smallest absolute Gasteiger partial charge is 0.274 e. The van der Waals surface area contributed by atoms with E-state index in [0.29, 0.717) is 28.5 Å². The topological polar surface area (TPSA) is 92.6 Å². The second-order valence-electron chi connectivity index (χ2n) is 7.46. The van der Waals surface area contributed by atoms with Crippen molar-refractivity contribution in [3.05, 3.63) is 91.3 Å². The van der Waals surface area contributed by atoms with Gasteiger partial charge in [0.05, 0.1) is 0 Å². The van der Waals surface area contributed by atoms with Crippen LogP contribution in [0.1, 0.15) is 44.8 Å². The standard InChI is InChI=1S/C24H21BrN4O3S/c1-3-6-17-13-19(30)29-20(22(31)26-16-11-9-15(25)10-12-16)21(33-24(29)27-17)23(32)28-18-8-5-4-7-14(18)2/h4-5,7-13H,3,6H2,1-2H3,(H,26,31)(H,28,32). The molecule has 0 bridgehead atoms. The number of para-hydroxylation sites is 1. The van der Waals surface area contributed by atoms with Crippen molar-refractivity contribution in [1.82, 2.24) is 9.38 Å². The third-order valence-corrected chi connectivity index (χ3v) is 6.56. The number of nitrogens with one attached hydrogen (secondary N) is 2. The monoisotopic (exact) mass is 524 g/mol. The highest BCUT2D eigenvalue weighted by atomic mass is 79.9. The van der Waals surface area contributed by atoms with Crippen molar-refractivity contribution in [1.29, 1.82) is 0 Å². The number of fused-ring (bicyclic) bond motifs is 1. The molecule has 4 rings (SSSR count). The minimum atomic E-state index is -0.564. The van der Waals surface area contributed by atoms with Gasteiger partial charge in [-0.15, -0.1) is 0 Å². The lowest BCUT2D eigenvalue weighted by atomic mass is 10.2. The number of benzene rings is 2. The summed E-state index contributed by atoms with van der Waals surface area (Å²) in [6.45, 7) is 3.88. The molecule has 0 spiro atoms. The van der Waals surface area contributed by atoms with Gasteiger partial charge in [-0.2, -0.15) is 0 Å². The Labute approximate surface area is 202 Å². The molecular formula is C24H21BrN4O3S. The van der Waals surface area contributed by atoms with Gasteiger partial charge in [0.25, 0.3) is 17.4 Å². The molecule has 2 amide bonds. The van der Waals surface area contributed by atoms with Crippen LogP contribution in [-0.4, -0.2) is 21.2 Å². The minimum absolute atomic E-state index is 0.0375. The van der Waals surface area contributed by atoms with E-state index in [1.807, 2.05) is 32.0 Å². The fraction of sp³-hybridized carbons (Fsp3) is 0.167. The second kappa shape index (κ2) is 9.68. The van der Waals surface area contributed by atoms with Crippen LogP contribution >= 0.6 is 27.3 Å². The van der Waals surface area contributed by atoms with E-state index in [1.54, 1.807) is 30.3 Å². The van der Waals surface area contributed by atoms with Crippen LogP contribution in [0.4, 0.5) is 11.4 Å². The van der Waals surface area contributed by atoms with E-state index < -0.39 is 17.4 Å². The molecule has 0 saturated heterocycles. The number of thiazole rings is 1. The first kappa shape index (κ1) is 22.9. The maximum atomic E-state index is 13.3. The Hall–Kier alpha value is -3.30. The van der Waals surface area contributed by atoms with E-state index >= 15 is 0 Å². The number of amides is 2. The normalized spacial score (nSPS) is 10.9. The van der Waals surface area contributed by atoms with Crippen LogP contribution in [0.15, 0.2) is 63.9 Å². The number of nitrogens with zero attached hydrogens (tertiary/aromatic N) is 2. The first-order chi connectivity index (χ1) is 15.9. The maximum absolute atomic E-state index is 13.3. The molecule has 0 fully saturated rings. The molecule has 7 nitrogen and oxygen atoms in total. The van der Waals surface area contributed by atoms with E-state index in [-0.39, 0.29) is 10.6 Å². The summed E-state index contributed by atoms with van der Waals surface area (Å²) in [5, 5.41) is 5.64. The van der Waals surface area contributed by atoms with Gasteiger partial charge in [-0.05, 0) is 49.2 Å². The number of anilines is 2. The van der Waals surface area contributed by atoms with Gasteiger partial charge in [-0.3, -0.25) is 14.4 Å². The Balaban J connectivity index is 1.81. The number of carbonyl (C=O) groups is 2. The van der Waals surface area contributed by atoms with Crippen molar-refractivity contribution >= 4 is 55.4 Å². The molecule has 2 heterocycles. The average molecular weight is 525 g/mol. The number of aromatic nitrogens is 2. The number of carbonyl (C=O) groups excluding carboxylic acids is 2. The Kier molecular flexibility index (Phi) is 6.71. The summed E-state index contributed by atoms with van der Waals surface area (Å²) < 4.78 is 2.08. The molecule has 2 N–H and O–H groups in total. The van der Waals surface area contributed by atoms with E-state index in [4.69, 9.17) is 0 Å². The van der Waals surface area contributed by atoms with Crippen molar-refractivity contribution < 1.29 is 9.59 Å². The highest BCUT2D eigenvalue weighted by Crippen LogP contribution is 2.25. The van der Waals surface area contributed by atoms with E-state index in [0.717, 1.165) is 27.8 Å². The Morgan fingerprint density at radius 1 is 1.06 bits per heavy atom. The van der Waals surface area contributed by atoms with Crippen LogP contribution in [0.25, 0.3) is 4.96 Å². The molecule has 0 atom stereocenters. The molecule has 0 unspecified atom stereocenters. The van der Waals surface area contributed by atoms with Crippen molar-refractivity contribution in [2.24, 2.45) is 0 Å². The number of hydrogen-bond donors (Lipinski definition) is 2. The van der Waals surface area contributed by atoms with Gasteiger partial charge in [0.2, 0.25) is 0 Å². The van der Waals surface area contributed by atoms with Crippen molar-refractivity contribution in [2.45, 2.75) is 26.7 Å². The fourth-order valence-corrected chi connectivity index (χ4v) is 4.69. The van der Waals surface area contributed by atoms with Crippen LogP contribution < -0.4 is 16.2 Å². The van der Waals surface area contributed by atoms with Crippen molar-refractivity contribution in [3.8, 4) is 0 Å². The predicted octanol–water partition coefficient (Wildman–Crippen LogP) is 5.28. The zero-order valence-electron chi connectivity index (χ0n) is 18.0. The lowest BCUT2D eigenvalue weighted by Gasteiger charge is -2.09. The number of rotatable bonds is 6. The molecule has 0 aliphatic rings. The van der Waals surface area contributed by atoms with Crippen LogP contribution in [0.2, 0.25) is 0 Å². The largest absolute Gasteiger partial charge is 0.321 e. The molecule has 4 aromatic rings. The zero-order chi connectivity index (χ0) is 23.5. The first-order valence-electron chi connectivity index (χ1n) is 10.4. The number of hydrogen-bond acceptors (Lipinski definition) is 5. The van der Waals surface area contributed by atoms with Crippen LogP contribution in [0, 0.1) is 6.92 Å². The second-order valence-corrected chi connectivity index (χ2v) is 9.36. The highest BCUT2D eigenvalue weighted by molar-refractivity contribution is 9.10. The van der Waals surface area contributed by atoms with Crippen molar-refractivity contribution in [2.75, 3.05) is 10.6 Å². The van der Waals surface area contributed by atoms with Crippen LogP contribution in [0.5, 0.6) is 0 Å². The third kappa shape index (κ3) is 4.89. The quantitative estimate of drug-likeness (QED) is 0.358. The molecule has 2 aromatic carbocycles. The molecule has 2 aromatic heterocycles. The number of aryl methyl sites for hydroxylation is 2. The fourth-order valence-electron chi connectivity index (χ4n) is 3.38. The average Bonchev–Trinajstić information content (AvgIpc) is 3.17. The van der Waals surface area contributed by atoms with Gasteiger partial charge in [0.1, 0.15) is 10.6 Å². The Bertz CT molecular complexity index is 1410. The van der Waals surface area contributed by atoms with Gasteiger partial charge >= 0.3 is 0 Å². The van der Waals surface area contributed by atoms with Gasteiger partial charge in [-0.1, -0.05) is 58.8 Å². The SMILES string of the molecule is CCCc1cc(=O)n2c(C(=O)Nc3ccc(Br)cc3)c(C(=O)Nc3ccccc3C)sc2n1. The van der Waals surface area contributed by atoms with E-state index in [2.05, 4.69) is 31.5 Å². The van der Waals surface area contributed by atoms with Gasteiger partial charge in [0, 0.05) is 27.6 Å². The minimum Gasteiger partial charge on any atom is -0.321 e. The molecule has 9 heteroatoms. The summed E-state index contributed by atoms with van der Waals surface area (Å²) in [7, 11) is 0. The maximum Gasteiger partial charge on any atom is 0.274 e. The van der Waals surface area contributed by atoms with E-state index in [1.165, 1.54) is 10.5 Å². The summed E-state index contributed by atoms with van der Waals surface area (Å²) in [6.07, 6.45) is 1.46. The van der Waals surface area contributed by atoms with Gasteiger partial charge in [-0.25, -0.2) is 9.38 Å². The summed E-state index contributed by atoms with van der Waals surface area (Å²) in [5.74, 6) is -1.04. The van der Waals surface area contributed by atoms with Crippen LogP contribution in [-0.2, 0) is 6.42 Å². The summed E-state index contributed by atoms with van der Waals surface area (Å²) in [4.78, 5) is 44.5. The van der Waals surface area contributed by atoms with Crippen molar-refractivity contribution in [3.63, 3.8) is 0 Å². The van der Waals surface area contributed by atoms with E-state index in [9.17, 15) is 14.4 Å². The molecule has 0 aliphatic carbocycles. The molecule has 0 aliphatic heterocycles.